The number of guanidine groups is 1. The smallest absolute Gasteiger partial charge is 0.394 e. The first-order valence-corrected chi connectivity index (χ1v) is 8.22. The molecular weight excluding hydrogens is 349 g/mol. The van der Waals surface area contributed by atoms with E-state index in [4.69, 9.17) is 19.9 Å². The number of aliphatic hydroxyl groups is 2. The third-order valence-corrected chi connectivity index (χ3v) is 4.11. The zero-order valence-electron chi connectivity index (χ0n) is 11.9. The molecule has 1 saturated heterocycles. The number of nitrogens with zero attached hydrogens (tertiary/aromatic N) is 3. The molecule has 0 aromatic carbocycles. The predicted molar refractivity (Wildman–Crippen MR) is 76.1 cm³/mol. The number of phosphoric acid groups is 1. The van der Waals surface area contributed by atoms with Crippen molar-refractivity contribution in [3.8, 4) is 0 Å². The van der Waals surface area contributed by atoms with Crippen molar-refractivity contribution >= 4 is 31.9 Å². The molecule has 0 spiro atoms. The topological polar surface area (TPSA) is 197 Å². The molecule has 6 N–H and O–H groups in total. The van der Waals surface area contributed by atoms with Crippen molar-refractivity contribution < 1.29 is 38.6 Å². The van der Waals surface area contributed by atoms with Crippen LogP contribution in [0.3, 0.4) is 0 Å². The maximum Gasteiger partial charge on any atom is 0.470 e. The number of nitrogens with one attached hydrogen (secondary N) is 2. The van der Waals surface area contributed by atoms with Crippen molar-refractivity contribution in [2.45, 2.75) is 30.6 Å². The summed E-state index contributed by atoms with van der Waals surface area (Å²) in [5.41, 5.74) is 0. The van der Waals surface area contributed by atoms with Crippen molar-refractivity contribution in [2.24, 2.45) is 9.98 Å². The Hall–Kier alpha value is -1.73. The Kier molecular flexibility index (Phi) is 4.25. The van der Waals surface area contributed by atoms with E-state index in [1.54, 1.807) is 0 Å². The average Bonchev–Trinajstić information content (AvgIpc) is 3.00. The number of ether oxygens (including phenoxy) is 1. The Morgan fingerprint density at radius 1 is 1.50 bits per heavy atom. The molecule has 1 unspecified atom stereocenters. The van der Waals surface area contributed by atoms with Crippen molar-refractivity contribution in [2.75, 3.05) is 6.61 Å². The minimum Gasteiger partial charge on any atom is -0.394 e. The Morgan fingerprint density at radius 2 is 2.21 bits per heavy atom. The van der Waals surface area contributed by atoms with Crippen molar-refractivity contribution in [1.29, 1.82) is 5.41 Å². The van der Waals surface area contributed by atoms with Crippen LogP contribution in [-0.4, -0.2) is 86.1 Å². The van der Waals surface area contributed by atoms with E-state index in [0.717, 1.165) is 11.2 Å². The van der Waals surface area contributed by atoms with Gasteiger partial charge < -0.3 is 24.7 Å². The predicted octanol–water partition coefficient (Wildman–Crippen LogP) is -3.28. The number of amidine groups is 1. The van der Waals surface area contributed by atoms with E-state index < -0.39 is 56.9 Å². The monoisotopic (exact) mass is 363 g/mol. The van der Waals surface area contributed by atoms with Gasteiger partial charge in [0.1, 0.15) is 18.3 Å². The summed E-state index contributed by atoms with van der Waals surface area (Å²) in [5, 5.41) is 28.9. The molecule has 132 valence electrons. The lowest BCUT2D eigenvalue weighted by Gasteiger charge is -2.30. The van der Waals surface area contributed by atoms with Crippen LogP contribution in [0.2, 0.25) is 0 Å². The van der Waals surface area contributed by atoms with Crippen LogP contribution in [0.5, 0.6) is 0 Å². The highest BCUT2D eigenvalue weighted by molar-refractivity contribution is 7.46. The maximum absolute atomic E-state index is 11.8. The molecule has 0 aromatic rings. The van der Waals surface area contributed by atoms with Crippen LogP contribution >= 0.6 is 7.82 Å². The Balaban J connectivity index is 1.91. The van der Waals surface area contributed by atoms with E-state index in [1.165, 1.54) is 0 Å². The van der Waals surface area contributed by atoms with Gasteiger partial charge in [-0.2, -0.15) is 4.99 Å². The molecule has 0 saturated carbocycles. The summed E-state index contributed by atoms with van der Waals surface area (Å²) >= 11 is 0. The summed E-state index contributed by atoms with van der Waals surface area (Å²) < 4.78 is 21.1. The minimum absolute atomic E-state index is 0.0150. The molecule has 0 bridgehead atoms. The van der Waals surface area contributed by atoms with Crippen LogP contribution in [0, 0.1) is 5.41 Å². The summed E-state index contributed by atoms with van der Waals surface area (Å²) in [4.78, 5) is 38.7. The van der Waals surface area contributed by atoms with Gasteiger partial charge in [0.05, 0.1) is 12.9 Å². The standard InChI is InChI=1S/C10H14N5O8P/c11-10-13-7-4(8(18)14-10)12-2-15(7)9-6(23-24(19,20)21)5(17)3(1-16)22-9/h2-6,9,16-17H,1H2,(H2,11,14,18)(H2,19,20,21)/t3-,4?,5-,6-,9-/m1/s1. The first-order chi connectivity index (χ1) is 11.2. The zero-order chi connectivity index (χ0) is 17.6. The fourth-order valence-corrected chi connectivity index (χ4v) is 3.14. The van der Waals surface area contributed by atoms with Gasteiger partial charge in [-0.3, -0.25) is 29.9 Å². The van der Waals surface area contributed by atoms with E-state index in [1.807, 2.05) is 0 Å². The molecule has 3 rings (SSSR count). The second-order valence-corrected chi connectivity index (χ2v) is 6.37. The fourth-order valence-electron chi connectivity index (χ4n) is 2.60. The average molecular weight is 363 g/mol. The van der Waals surface area contributed by atoms with E-state index in [-0.39, 0.29) is 5.84 Å². The normalized spacial score (nSPS) is 35.9. The molecule has 14 heteroatoms. The number of hydrogen-bond donors (Lipinski definition) is 6. The molecule has 13 nitrogen and oxygen atoms in total. The number of amides is 1. The van der Waals surface area contributed by atoms with E-state index in [0.29, 0.717) is 0 Å². The highest BCUT2D eigenvalue weighted by Crippen LogP contribution is 2.42. The van der Waals surface area contributed by atoms with Crippen LogP contribution in [0.1, 0.15) is 0 Å². The van der Waals surface area contributed by atoms with E-state index >= 15 is 0 Å². The number of aliphatic hydroxyl groups excluding tert-OH is 2. The molecule has 3 heterocycles. The molecule has 3 aliphatic heterocycles. The number of rotatable bonds is 4. The van der Waals surface area contributed by atoms with Gasteiger partial charge in [-0.15, -0.1) is 0 Å². The second-order valence-electron chi connectivity index (χ2n) is 5.18. The second kappa shape index (κ2) is 5.97. The van der Waals surface area contributed by atoms with Crippen LogP contribution in [0.4, 0.5) is 0 Å². The number of carbonyl (C=O) groups excluding carboxylic acids is 1. The summed E-state index contributed by atoms with van der Waals surface area (Å²) in [7, 11) is -4.98. The van der Waals surface area contributed by atoms with Crippen LogP contribution < -0.4 is 5.32 Å². The van der Waals surface area contributed by atoms with E-state index in [2.05, 4.69) is 19.8 Å². The molecule has 3 aliphatic rings. The van der Waals surface area contributed by atoms with Crippen LogP contribution in [0.15, 0.2) is 9.98 Å². The van der Waals surface area contributed by atoms with Gasteiger partial charge in [-0.1, -0.05) is 0 Å². The van der Waals surface area contributed by atoms with E-state index in [9.17, 15) is 19.6 Å². The Labute approximate surface area is 134 Å². The SMILES string of the molecule is N=C1N=C2C(N=CN2[C@@H]2O[C@H](CO)[C@@H](O)[C@H]2OP(=O)(O)O)C(=O)N1. The molecule has 0 aromatic heterocycles. The minimum atomic E-state index is -4.98. The van der Waals surface area contributed by atoms with Crippen LogP contribution in [0.25, 0.3) is 0 Å². The van der Waals surface area contributed by atoms with Gasteiger partial charge in [0, 0.05) is 0 Å². The highest BCUT2D eigenvalue weighted by Gasteiger charge is 2.52. The maximum atomic E-state index is 11.8. The Morgan fingerprint density at radius 3 is 2.83 bits per heavy atom. The van der Waals surface area contributed by atoms with Crippen LogP contribution in [-0.2, 0) is 18.6 Å². The van der Waals surface area contributed by atoms with Crippen molar-refractivity contribution in [3.05, 3.63) is 0 Å². The third kappa shape index (κ3) is 2.98. The number of hydrogen-bond acceptors (Lipinski definition) is 9. The Bertz CT molecular complexity index is 676. The molecule has 0 aliphatic carbocycles. The van der Waals surface area contributed by atoms with Gasteiger partial charge >= 0.3 is 7.82 Å². The zero-order valence-corrected chi connectivity index (χ0v) is 12.8. The number of fused-ring (bicyclic) bond motifs is 1. The largest absolute Gasteiger partial charge is 0.470 e. The van der Waals surface area contributed by atoms with Gasteiger partial charge in [0.15, 0.2) is 18.1 Å². The quantitative estimate of drug-likeness (QED) is 0.277. The lowest BCUT2D eigenvalue weighted by Crippen LogP contribution is -2.53. The summed E-state index contributed by atoms with van der Waals surface area (Å²) in [6, 6.07) is -1.05. The lowest BCUT2D eigenvalue weighted by atomic mass is 10.1. The molecule has 5 atom stereocenters. The van der Waals surface area contributed by atoms with Gasteiger partial charge in [-0.25, -0.2) is 4.57 Å². The van der Waals surface area contributed by atoms with Crippen molar-refractivity contribution in [3.63, 3.8) is 0 Å². The molecular formula is C10H14N5O8P. The number of carbonyl (C=O) groups is 1. The summed E-state index contributed by atoms with van der Waals surface area (Å²) in [5.74, 6) is -1.06. The first kappa shape index (κ1) is 17.1. The molecule has 1 amide bonds. The molecule has 24 heavy (non-hydrogen) atoms. The first-order valence-electron chi connectivity index (χ1n) is 6.69. The molecule has 1 fully saturated rings. The van der Waals surface area contributed by atoms with Gasteiger partial charge in [0.25, 0.3) is 5.91 Å². The third-order valence-electron chi connectivity index (χ3n) is 3.59. The summed E-state index contributed by atoms with van der Waals surface area (Å²) in [6.07, 6.45) is -4.44. The highest BCUT2D eigenvalue weighted by atomic mass is 31.2. The summed E-state index contributed by atoms with van der Waals surface area (Å²) in [6.45, 7) is -0.629. The molecule has 0 radical (unpaired) electrons. The van der Waals surface area contributed by atoms with Crippen molar-refractivity contribution in [1.82, 2.24) is 10.2 Å². The number of aliphatic imine (C=N–C) groups is 2. The van der Waals surface area contributed by atoms with Gasteiger partial charge in [0.2, 0.25) is 5.96 Å². The van der Waals surface area contributed by atoms with Gasteiger partial charge in [-0.05, 0) is 0 Å². The lowest BCUT2D eigenvalue weighted by molar-refractivity contribution is -0.119. The fraction of sp³-hybridized carbons (Fsp3) is 0.600. The number of phosphoric ester groups is 1.